The summed E-state index contributed by atoms with van der Waals surface area (Å²) in [6.45, 7) is 13.7. The minimum atomic E-state index is -4.39. The van der Waals surface area contributed by atoms with Gasteiger partial charge in [0.2, 0.25) is 0 Å². The fourth-order valence-corrected chi connectivity index (χ4v) is 2.95. The van der Waals surface area contributed by atoms with Crippen molar-refractivity contribution in [1.29, 1.82) is 0 Å². The molecule has 0 fully saturated rings. The molecule has 0 spiro atoms. The summed E-state index contributed by atoms with van der Waals surface area (Å²) in [5.41, 5.74) is 9.05. The van der Waals surface area contributed by atoms with Crippen molar-refractivity contribution in [3.63, 3.8) is 0 Å². The van der Waals surface area contributed by atoms with Crippen molar-refractivity contribution in [3.8, 4) is 0 Å². The van der Waals surface area contributed by atoms with Crippen molar-refractivity contribution in [3.05, 3.63) is 65.5 Å². The number of aryl methyl sites for hydroxylation is 3. The second-order valence-corrected chi connectivity index (χ2v) is 7.34. The van der Waals surface area contributed by atoms with Crippen LogP contribution in [0.2, 0.25) is 0 Å². The van der Waals surface area contributed by atoms with E-state index < -0.39 is 11.7 Å². The number of benzene rings is 1. The third kappa shape index (κ3) is 10.4. The van der Waals surface area contributed by atoms with Crippen molar-refractivity contribution < 1.29 is 13.2 Å². The minimum absolute atomic E-state index is 0.0361. The average molecular weight is 756 g/mol. The normalized spacial score (nSPS) is 12.9. The molecule has 0 unspecified atom stereocenters. The number of allylic oxidation sites excluding steroid dienone is 3. The number of fused-ring (bicyclic) bond motifs is 1. The van der Waals surface area contributed by atoms with E-state index in [1.165, 1.54) is 21.5 Å². The summed E-state index contributed by atoms with van der Waals surface area (Å²) in [5.74, 6) is -0.0361. The fourth-order valence-electron chi connectivity index (χ4n) is 2.95. The maximum atomic E-state index is 12.6. The van der Waals surface area contributed by atoms with E-state index in [1.807, 2.05) is 69.6 Å². The van der Waals surface area contributed by atoms with E-state index >= 15 is 0 Å². The van der Waals surface area contributed by atoms with Gasteiger partial charge in [-0.1, -0.05) is 52.5 Å². The van der Waals surface area contributed by atoms with Gasteiger partial charge in [0.25, 0.3) is 0 Å². The van der Waals surface area contributed by atoms with E-state index in [0.29, 0.717) is 11.3 Å². The van der Waals surface area contributed by atoms with Crippen LogP contribution in [0.1, 0.15) is 57.5 Å². The molecule has 2 aromatic rings. The van der Waals surface area contributed by atoms with Crippen LogP contribution in [0.5, 0.6) is 0 Å². The van der Waals surface area contributed by atoms with Crippen LogP contribution in [0, 0.1) is 12.8 Å². The number of hydrogen-bond acceptors (Lipinski definition) is 2. The molecule has 0 saturated heterocycles. The zero-order chi connectivity index (χ0) is 24.9. The molecule has 1 aliphatic heterocycles. The molecule has 0 atom stereocenters. The van der Waals surface area contributed by atoms with Gasteiger partial charge in [0.1, 0.15) is 0 Å². The predicted molar refractivity (Wildman–Crippen MR) is 140 cm³/mol. The SMILES string of the molecule is C=C(/C=C(/c1cc2n(n1)CCCC2)C(C)C)C(F)(F)F.CC.Cc1ccccc1N.[I][Pb]. The molecule has 177 valence electrons. The third-order valence-corrected chi connectivity index (χ3v) is 4.72. The number of rotatable bonds is 3. The fraction of sp³-hybridized carbons (Fsp3) is 0.458. The van der Waals surface area contributed by atoms with Gasteiger partial charge in [-0.15, -0.1) is 0 Å². The number of alkyl halides is 3. The molecule has 3 radical (unpaired) electrons. The number of halogens is 4. The Kier molecular flexibility index (Phi) is 15.5. The molecule has 2 heterocycles. The zero-order valence-corrected chi connectivity index (χ0v) is 25.6. The van der Waals surface area contributed by atoms with Gasteiger partial charge in [-0.2, -0.15) is 18.3 Å². The summed E-state index contributed by atoms with van der Waals surface area (Å²) in [7, 11) is 0. The van der Waals surface area contributed by atoms with Crippen molar-refractivity contribution >= 4 is 50.5 Å². The molecule has 1 aromatic carbocycles. The summed E-state index contributed by atoms with van der Waals surface area (Å²) < 4.78 is 39.8. The van der Waals surface area contributed by atoms with Crippen LogP contribution >= 0.6 is 17.8 Å². The summed E-state index contributed by atoms with van der Waals surface area (Å²) in [4.78, 5) is 0. The number of nitrogens with zero attached hydrogens (tertiary/aromatic N) is 2. The quantitative estimate of drug-likeness (QED) is 0.153. The van der Waals surface area contributed by atoms with Crippen LogP contribution in [-0.4, -0.2) is 37.4 Å². The first-order valence-electron chi connectivity index (χ1n) is 10.6. The van der Waals surface area contributed by atoms with E-state index in [9.17, 15) is 13.2 Å². The molecule has 8 heteroatoms. The molecule has 0 aliphatic carbocycles. The molecular formula is C24H34F3IN3Pb. The Hall–Kier alpha value is -0.848. The first-order valence-corrected chi connectivity index (χ1v) is 21.6. The molecule has 2 N–H and O–H groups in total. The van der Waals surface area contributed by atoms with E-state index in [4.69, 9.17) is 5.73 Å². The summed E-state index contributed by atoms with van der Waals surface area (Å²) in [5, 5.41) is 4.45. The van der Waals surface area contributed by atoms with Crippen LogP contribution in [0.4, 0.5) is 18.9 Å². The molecule has 3 nitrogen and oxygen atoms in total. The van der Waals surface area contributed by atoms with Gasteiger partial charge in [-0.25, -0.2) is 0 Å². The number of hydrogen-bond donors (Lipinski definition) is 1. The van der Waals surface area contributed by atoms with Gasteiger partial charge >= 0.3 is 45.4 Å². The third-order valence-electron chi connectivity index (χ3n) is 4.72. The van der Waals surface area contributed by atoms with Crippen molar-refractivity contribution in [2.75, 3.05) is 5.73 Å². The summed E-state index contributed by atoms with van der Waals surface area (Å²) in [6, 6.07) is 9.72. The Bertz CT molecular complexity index is 814. The Morgan fingerprint density at radius 2 is 1.81 bits per heavy atom. The van der Waals surface area contributed by atoms with E-state index in [2.05, 4.69) is 29.4 Å². The number of aromatic nitrogens is 2. The van der Waals surface area contributed by atoms with Gasteiger partial charge in [-0.3, -0.25) is 4.68 Å². The van der Waals surface area contributed by atoms with Gasteiger partial charge in [0, 0.05) is 23.5 Å². The van der Waals surface area contributed by atoms with Crippen LogP contribution in [0.25, 0.3) is 5.57 Å². The first kappa shape index (κ1) is 31.2. The van der Waals surface area contributed by atoms with Gasteiger partial charge < -0.3 is 5.73 Å². The van der Waals surface area contributed by atoms with Crippen LogP contribution in [-0.2, 0) is 13.0 Å². The summed E-state index contributed by atoms with van der Waals surface area (Å²) >= 11 is 3.56. The van der Waals surface area contributed by atoms with Crippen molar-refractivity contribution in [2.24, 2.45) is 5.92 Å². The molecule has 0 saturated carbocycles. The van der Waals surface area contributed by atoms with Crippen LogP contribution in [0.15, 0.2) is 48.6 Å². The van der Waals surface area contributed by atoms with E-state index in [-0.39, 0.29) is 5.92 Å². The standard InChI is InChI=1S/C15H19F3N2.C7H9N.C2H6.HI.Pb/c1-10(2)13(8-11(3)15(16,17)18)14-9-12-6-4-5-7-20(12)19-14;1-6-4-2-3-5-7(6)8;1-2;;/h8-10H,3-7H2,1-2H3;2-5H,8H2,1H3;1-2H3;1H;/q;;;;+1/p-1/b13-8+;;;;. The second kappa shape index (κ2) is 15.9. The van der Waals surface area contributed by atoms with Crippen LogP contribution < -0.4 is 5.73 Å². The van der Waals surface area contributed by atoms with Gasteiger partial charge in [0.15, 0.2) is 0 Å². The average Bonchev–Trinajstić information content (AvgIpc) is 3.20. The Labute approximate surface area is 215 Å². The summed E-state index contributed by atoms with van der Waals surface area (Å²) in [6.07, 6.45) is -0.137. The second-order valence-electron chi connectivity index (χ2n) is 7.34. The molecule has 1 aromatic heterocycles. The molecule has 3 rings (SSSR count). The molecule has 32 heavy (non-hydrogen) atoms. The first-order chi connectivity index (χ1) is 15.1. The molecular weight excluding hydrogens is 721 g/mol. The Morgan fingerprint density at radius 1 is 1.22 bits per heavy atom. The van der Waals surface area contributed by atoms with Crippen molar-refractivity contribution in [2.45, 2.75) is 66.6 Å². The topological polar surface area (TPSA) is 43.8 Å². The van der Waals surface area contributed by atoms with Crippen LogP contribution in [0.3, 0.4) is 0 Å². The Morgan fingerprint density at radius 3 is 2.25 bits per heavy atom. The molecule has 0 amide bonds. The van der Waals surface area contributed by atoms with Gasteiger partial charge in [0.05, 0.1) is 5.69 Å². The number of nitrogen functional groups attached to an aromatic ring is 1. The number of para-hydroxylation sites is 1. The predicted octanol–water partition coefficient (Wildman–Crippen LogP) is 7.49. The Balaban J connectivity index is 0.000000666. The van der Waals surface area contributed by atoms with Crippen molar-refractivity contribution in [1.82, 2.24) is 9.78 Å². The maximum absolute atomic E-state index is 12.6. The monoisotopic (exact) mass is 756 g/mol. The molecule has 1 aliphatic rings. The zero-order valence-electron chi connectivity index (χ0n) is 19.6. The number of nitrogens with two attached hydrogens (primary N) is 1. The number of anilines is 1. The molecule has 0 bridgehead atoms. The van der Waals surface area contributed by atoms with E-state index in [1.54, 1.807) is 0 Å². The van der Waals surface area contributed by atoms with Gasteiger partial charge in [-0.05, 0) is 61.4 Å². The van der Waals surface area contributed by atoms with E-state index in [0.717, 1.165) is 48.8 Å².